The minimum atomic E-state index is -0.394. The van der Waals surface area contributed by atoms with Gasteiger partial charge in [0.15, 0.2) is 0 Å². The number of rotatable bonds is 3. The van der Waals surface area contributed by atoms with Gasteiger partial charge in [-0.05, 0) is 19.1 Å². The Balaban J connectivity index is 2.66. The molecular formula is C12H13N3OS. The summed E-state index contributed by atoms with van der Waals surface area (Å²) < 4.78 is 1.82. The van der Waals surface area contributed by atoms with E-state index in [1.165, 1.54) is 0 Å². The normalized spacial score (nSPS) is 12.5. The first kappa shape index (κ1) is 11.6. The zero-order chi connectivity index (χ0) is 12.6. The van der Waals surface area contributed by atoms with Crippen LogP contribution in [0.4, 0.5) is 0 Å². The quantitative estimate of drug-likeness (QED) is 0.803. The van der Waals surface area contributed by atoms with E-state index in [9.17, 15) is 4.79 Å². The number of carbonyl (C=O) groups is 1. The van der Waals surface area contributed by atoms with E-state index in [0.717, 1.165) is 16.5 Å². The van der Waals surface area contributed by atoms with Crippen molar-refractivity contribution < 1.29 is 4.79 Å². The molecule has 1 atom stereocenters. The van der Waals surface area contributed by atoms with Crippen molar-refractivity contribution in [3.63, 3.8) is 0 Å². The number of fused-ring (bicyclic) bond motifs is 1. The number of primary amides is 1. The Labute approximate surface area is 104 Å². The minimum absolute atomic E-state index is 0.347. The largest absolute Gasteiger partial charge is 0.389 e. The zero-order valence-corrected chi connectivity index (χ0v) is 10.2. The maximum atomic E-state index is 11.2. The molecule has 0 saturated carbocycles. The SMILES string of the molecule is CC(C(N)=O)n1ccc2c(C(N)=S)cccc21. The second kappa shape index (κ2) is 4.18. The summed E-state index contributed by atoms with van der Waals surface area (Å²) in [5.74, 6) is -0.372. The molecule has 0 spiro atoms. The lowest BCUT2D eigenvalue weighted by molar-refractivity contribution is -0.120. The van der Waals surface area contributed by atoms with E-state index in [-0.39, 0.29) is 5.91 Å². The van der Waals surface area contributed by atoms with Gasteiger partial charge in [-0.2, -0.15) is 0 Å². The number of aromatic nitrogens is 1. The molecule has 0 fully saturated rings. The average molecular weight is 247 g/mol. The number of hydrogen-bond acceptors (Lipinski definition) is 2. The smallest absolute Gasteiger partial charge is 0.240 e. The predicted octanol–water partition coefficient (Wildman–Crippen LogP) is 1.32. The first-order chi connectivity index (χ1) is 8.02. The van der Waals surface area contributed by atoms with Gasteiger partial charge in [0.25, 0.3) is 0 Å². The van der Waals surface area contributed by atoms with Crippen molar-refractivity contribution in [2.24, 2.45) is 11.5 Å². The summed E-state index contributed by atoms with van der Waals surface area (Å²) in [6.45, 7) is 1.76. The summed E-state index contributed by atoms with van der Waals surface area (Å²) in [6.07, 6.45) is 1.82. The maximum Gasteiger partial charge on any atom is 0.240 e. The summed E-state index contributed by atoms with van der Waals surface area (Å²) in [5, 5.41) is 0.938. The van der Waals surface area contributed by atoms with Gasteiger partial charge in [-0.15, -0.1) is 0 Å². The van der Waals surface area contributed by atoms with Gasteiger partial charge in [-0.25, -0.2) is 0 Å². The van der Waals surface area contributed by atoms with Crippen molar-refractivity contribution in [1.29, 1.82) is 0 Å². The summed E-state index contributed by atoms with van der Waals surface area (Å²) in [6, 6.07) is 7.14. The highest BCUT2D eigenvalue weighted by Crippen LogP contribution is 2.23. The van der Waals surface area contributed by atoms with E-state index in [0.29, 0.717) is 4.99 Å². The Morgan fingerprint density at radius 1 is 1.35 bits per heavy atom. The molecule has 0 radical (unpaired) electrons. The van der Waals surface area contributed by atoms with Crippen LogP contribution in [-0.2, 0) is 4.79 Å². The van der Waals surface area contributed by atoms with Crippen molar-refractivity contribution in [1.82, 2.24) is 4.57 Å². The molecule has 1 amide bonds. The van der Waals surface area contributed by atoms with Crippen molar-refractivity contribution in [3.05, 3.63) is 36.0 Å². The fourth-order valence-corrected chi connectivity index (χ4v) is 2.06. The van der Waals surface area contributed by atoms with E-state index in [1.54, 1.807) is 6.92 Å². The molecule has 0 aliphatic rings. The van der Waals surface area contributed by atoms with Crippen LogP contribution in [0.25, 0.3) is 10.9 Å². The van der Waals surface area contributed by atoms with E-state index >= 15 is 0 Å². The summed E-state index contributed by atoms with van der Waals surface area (Å²) in [7, 11) is 0. The minimum Gasteiger partial charge on any atom is -0.389 e. The van der Waals surface area contributed by atoms with Gasteiger partial charge in [0, 0.05) is 22.7 Å². The van der Waals surface area contributed by atoms with Crippen LogP contribution in [0.15, 0.2) is 30.5 Å². The molecule has 0 aliphatic carbocycles. The number of nitrogens with two attached hydrogens (primary N) is 2. The molecule has 88 valence electrons. The number of nitrogens with zero attached hydrogens (tertiary/aromatic N) is 1. The summed E-state index contributed by atoms with van der Waals surface area (Å²) in [4.78, 5) is 11.6. The molecule has 0 aliphatic heterocycles. The fraction of sp³-hybridized carbons (Fsp3) is 0.167. The van der Waals surface area contributed by atoms with Crippen LogP contribution in [0.3, 0.4) is 0 Å². The van der Waals surface area contributed by atoms with E-state index in [4.69, 9.17) is 23.7 Å². The summed E-state index contributed by atoms with van der Waals surface area (Å²) in [5.41, 5.74) is 12.7. The molecule has 1 aromatic carbocycles. The highest BCUT2D eigenvalue weighted by atomic mass is 32.1. The third kappa shape index (κ3) is 1.89. The number of amides is 1. The van der Waals surface area contributed by atoms with Crippen LogP contribution in [-0.4, -0.2) is 15.5 Å². The third-order valence-electron chi connectivity index (χ3n) is 2.86. The van der Waals surface area contributed by atoms with Crippen LogP contribution in [0.5, 0.6) is 0 Å². The standard InChI is InChI=1S/C12H13N3OS/c1-7(11(13)16)15-6-5-8-9(12(14)17)3-2-4-10(8)15/h2-7H,1H3,(H2,13,16)(H2,14,17). The topological polar surface area (TPSA) is 74.0 Å². The second-order valence-corrected chi connectivity index (χ2v) is 4.34. The van der Waals surface area contributed by atoms with E-state index < -0.39 is 6.04 Å². The van der Waals surface area contributed by atoms with Crippen LogP contribution in [0.1, 0.15) is 18.5 Å². The van der Waals surface area contributed by atoms with Crippen LogP contribution < -0.4 is 11.5 Å². The molecule has 17 heavy (non-hydrogen) atoms. The lowest BCUT2D eigenvalue weighted by atomic mass is 10.1. The molecular weight excluding hydrogens is 234 g/mol. The van der Waals surface area contributed by atoms with E-state index in [1.807, 2.05) is 35.0 Å². The number of benzene rings is 1. The number of thiocarbonyl (C=S) groups is 1. The van der Waals surface area contributed by atoms with Gasteiger partial charge in [-0.3, -0.25) is 4.79 Å². The van der Waals surface area contributed by atoms with E-state index in [2.05, 4.69) is 0 Å². The van der Waals surface area contributed by atoms with Crippen molar-refractivity contribution in [2.45, 2.75) is 13.0 Å². The zero-order valence-electron chi connectivity index (χ0n) is 9.38. The summed E-state index contributed by atoms with van der Waals surface area (Å²) >= 11 is 4.99. The van der Waals surface area contributed by atoms with Crippen LogP contribution in [0.2, 0.25) is 0 Å². The maximum absolute atomic E-state index is 11.2. The Hall–Kier alpha value is -1.88. The van der Waals surface area contributed by atoms with Gasteiger partial charge in [0.05, 0.1) is 0 Å². The highest BCUT2D eigenvalue weighted by molar-refractivity contribution is 7.80. The van der Waals surface area contributed by atoms with Crippen LogP contribution in [0, 0.1) is 0 Å². The Bertz CT molecular complexity index is 603. The molecule has 1 heterocycles. The van der Waals surface area contributed by atoms with Gasteiger partial charge in [0.2, 0.25) is 5.91 Å². The lowest BCUT2D eigenvalue weighted by Gasteiger charge is -2.11. The highest BCUT2D eigenvalue weighted by Gasteiger charge is 2.14. The molecule has 1 aromatic heterocycles. The first-order valence-corrected chi connectivity index (χ1v) is 5.62. The van der Waals surface area contributed by atoms with Gasteiger partial charge in [-0.1, -0.05) is 24.4 Å². The molecule has 4 nitrogen and oxygen atoms in total. The first-order valence-electron chi connectivity index (χ1n) is 5.21. The van der Waals surface area contributed by atoms with Crippen molar-refractivity contribution in [2.75, 3.05) is 0 Å². The lowest BCUT2D eigenvalue weighted by Crippen LogP contribution is -2.23. The van der Waals surface area contributed by atoms with Crippen molar-refractivity contribution in [3.8, 4) is 0 Å². The second-order valence-electron chi connectivity index (χ2n) is 3.90. The molecule has 2 rings (SSSR count). The molecule has 4 N–H and O–H groups in total. The molecule has 5 heteroatoms. The Morgan fingerprint density at radius 3 is 2.65 bits per heavy atom. The van der Waals surface area contributed by atoms with Crippen LogP contribution >= 0.6 is 12.2 Å². The molecule has 2 aromatic rings. The molecule has 1 unspecified atom stereocenters. The van der Waals surface area contributed by atoms with Gasteiger partial charge < -0.3 is 16.0 Å². The predicted molar refractivity (Wildman–Crippen MR) is 71.7 cm³/mol. The third-order valence-corrected chi connectivity index (χ3v) is 3.08. The molecule has 0 bridgehead atoms. The van der Waals surface area contributed by atoms with Gasteiger partial charge in [0.1, 0.15) is 11.0 Å². The molecule has 0 saturated heterocycles. The fourth-order valence-electron chi connectivity index (χ4n) is 1.88. The monoisotopic (exact) mass is 247 g/mol. The van der Waals surface area contributed by atoms with Crippen molar-refractivity contribution >= 4 is 34.0 Å². The number of hydrogen-bond donors (Lipinski definition) is 2. The average Bonchev–Trinajstić information content (AvgIpc) is 2.70. The Morgan fingerprint density at radius 2 is 2.06 bits per heavy atom. The Kier molecular flexibility index (Phi) is 2.85. The number of carbonyl (C=O) groups excluding carboxylic acids is 1. The van der Waals surface area contributed by atoms with Gasteiger partial charge >= 0.3 is 0 Å².